The Bertz CT molecular complexity index is 1690. The van der Waals surface area contributed by atoms with Crippen LogP contribution in [0.2, 0.25) is 0 Å². The van der Waals surface area contributed by atoms with E-state index in [1.807, 2.05) is 65.2 Å². The number of benzene rings is 3. The van der Waals surface area contributed by atoms with Gasteiger partial charge in [-0.3, -0.25) is 9.47 Å². The van der Waals surface area contributed by atoms with Crippen LogP contribution >= 0.6 is 0 Å². The fourth-order valence-corrected chi connectivity index (χ4v) is 5.47. The number of likely N-dealkylation sites (tertiary alicyclic amines) is 1. The van der Waals surface area contributed by atoms with E-state index >= 15 is 0 Å². The van der Waals surface area contributed by atoms with E-state index in [0.717, 1.165) is 65.9 Å². The smallest absolute Gasteiger partial charge is 0.326 e. The highest BCUT2D eigenvalue weighted by Gasteiger charge is 2.23. The third-order valence-electron chi connectivity index (χ3n) is 7.44. The molecule has 0 aliphatic carbocycles. The SMILES string of the molecule is N#Cc1cc(-c2ccccc2)c(-c2ccc(CN3CCC(n4c(=O)[nH]c5ccccc54)CC3)cc2)nc1N. The van der Waals surface area contributed by atoms with Crippen molar-refractivity contribution < 1.29 is 0 Å². The second kappa shape index (κ2) is 10.0. The van der Waals surface area contributed by atoms with Crippen molar-refractivity contribution in [3.63, 3.8) is 0 Å². The van der Waals surface area contributed by atoms with E-state index < -0.39 is 0 Å². The molecule has 3 aromatic carbocycles. The predicted molar refractivity (Wildman–Crippen MR) is 150 cm³/mol. The highest BCUT2D eigenvalue weighted by molar-refractivity contribution is 5.83. The van der Waals surface area contributed by atoms with Gasteiger partial charge in [0, 0.05) is 36.8 Å². The molecule has 0 bridgehead atoms. The van der Waals surface area contributed by atoms with Gasteiger partial charge in [-0.1, -0.05) is 66.7 Å². The topological polar surface area (TPSA) is 104 Å². The summed E-state index contributed by atoms with van der Waals surface area (Å²) in [7, 11) is 0. The van der Waals surface area contributed by atoms with Gasteiger partial charge < -0.3 is 10.7 Å². The van der Waals surface area contributed by atoms with Crippen LogP contribution in [0.4, 0.5) is 5.82 Å². The Balaban J connectivity index is 1.18. The zero-order valence-corrected chi connectivity index (χ0v) is 21.0. The number of pyridine rings is 1. The Morgan fingerprint density at radius 3 is 2.39 bits per heavy atom. The van der Waals surface area contributed by atoms with Crippen molar-refractivity contribution in [1.29, 1.82) is 5.26 Å². The summed E-state index contributed by atoms with van der Waals surface area (Å²) in [5.41, 5.74) is 13.2. The molecule has 6 rings (SSSR count). The van der Waals surface area contributed by atoms with Gasteiger partial charge in [0.15, 0.2) is 0 Å². The Kier molecular flexibility index (Phi) is 6.24. The number of hydrogen-bond acceptors (Lipinski definition) is 5. The standard InChI is InChI=1S/C31H28N6O/c32-19-24-18-26(22-6-2-1-3-7-22)29(35-30(24)33)23-12-10-21(11-13-23)20-36-16-14-25(15-17-36)37-28-9-5-4-8-27(28)34-31(37)38/h1-13,18,25H,14-17,20H2,(H2,33,35)(H,34,38). The van der Waals surface area contributed by atoms with Crippen LogP contribution in [0.1, 0.15) is 30.0 Å². The van der Waals surface area contributed by atoms with Crippen molar-refractivity contribution in [3.8, 4) is 28.5 Å². The molecular formula is C31H28N6O. The normalized spacial score (nSPS) is 14.5. The lowest BCUT2D eigenvalue weighted by atomic mass is 9.97. The summed E-state index contributed by atoms with van der Waals surface area (Å²) < 4.78 is 1.93. The number of piperidine rings is 1. The average Bonchev–Trinajstić information content (AvgIpc) is 3.30. The number of nitrogens with zero attached hydrogens (tertiary/aromatic N) is 4. The molecule has 0 spiro atoms. The summed E-state index contributed by atoms with van der Waals surface area (Å²) in [6, 6.07) is 30.5. The second-order valence-corrected chi connectivity index (χ2v) is 9.82. The van der Waals surface area contributed by atoms with Gasteiger partial charge in [-0.05, 0) is 42.2 Å². The number of nitriles is 1. The van der Waals surface area contributed by atoms with Crippen molar-refractivity contribution in [1.82, 2.24) is 19.4 Å². The first kappa shape index (κ1) is 23.7. The van der Waals surface area contributed by atoms with Gasteiger partial charge >= 0.3 is 5.69 Å². The van der Waals surface area contributed by atoms with Crippen LogP contribution < -0.4 is 11.4 Å². The zero-order chi connectivity index (χ0) is 26.1. The van der Waals surface area contributed by atoms with Gasteiger partial charge in [0.25, 0.3) is 0 Å². The predicted octanol–water partition coefficient (Wildman–Crippen LogP) is 5.35. The number of nitrogens with one attached hydrogen (secondary N) is 1. The Labute approximate surface area is 220 Å². The molecule has 7 nitrogen and oxygen atoms in total. The fraction of sp³-hybridized carbons (Fsp3) is 0.194. The minimum atomic E-state index is -0.0211. The maximum absolute atomic E-state index is 12.6. The quantitative estimate of drug-likeness (QED) is 0.339. The number of aromatic amines is 1. The fourth-order valence-electron chi connectivity index (χ4n) is 5.47. The number of nitrogens with two attached hydrogens (primary N) is 1. The minimum absolute atomic E-state index is 0.0211. The van der Waals surface area contributed by atoms with Crippen LogP contribution in [0.25, 0.3) is 33.4 Å². The van der Waals surface area contributed by atoms with Gasteiger partial charge in [-0.2, -0.15) is 5.26 Å². The van der Waals surface area contributed by atoms with Crippen molar-refractivity contribution in [2.45, 2.75) is 25.4 Å². The highest BCUT2D eigenvalue weighted by Crippen LogP contribution is 2.33. The Morgan fingerprint density at radius 1 is 0.947 bits per heavy atom. The molecule has 0 saturated carbocycles. The summed E-state index contributed by atoms with van der Waals surface area (Å²) in [4.78, 5) is 22.6. The van der Waals surface area contributed by atoms with Crippen molar-refractivity contribution >= 4 is 16.9 Å². The number of aromatic nitrogens is 3. The largest absolute Gasteiger partial charge is 0.383 e. The van der Waals surface area contributed by atoms with Gasteiger partial charge in [0.2, 0.25) is 0 Å². The number of H-pyrrole nitrogens is 1. The summed E-state index contributed by atoms with van der Waals surface area (Å²) in [5.74, 6) is 0.239. The van der Waals surface area contributed by atoms with Gasteiger partial charge in [-0.15, -0.1) is 0 Å². The lowest BCUT2D eigenvalue weighted by Gasteiger charge is -2.32. The maximum Gasteiger partial charge on any atom is 0.326 e. The van der Waals surface area contributed by atoms with Crippen LogP contribution in [0.3, 0.4) is 0 Å². The number of hydrogen-bond donors (Lipinski definition) is 2. The van der Waals surface area contributed by atoms with Crippen LogP contribution in [-0.4, -0.2) is 32.5 Å². The third kappa shape index (κ3) is 4.47. The Hall–Kier alpha value is -4.67. The van der Waals surface area contributed by atoms with Gasteiger partial charge in [0.1, 0.15) is 11.9 Å². The van der Waals surface area contributed by atoms with Crippen molar-refractivity contribution in [2.24, 2.45) is 0 Å². The maximum atomic E-state index is 12.6. The van der Waals surface area contributed by atoms with E-state index in [2.05, 4.69) is 45.2 Å². The number of rotatable bonds is 5. The first-order valence-electron chi connectivity index (χ1n) is 12.9. The van der Waals surface area contributed by atoms with Gasteiger partial charge in [-0.25, -0.2) is 9.78 Å². The van der Waals surface area contributed by atoms with Crippen LogP contribution in [0.15, 0.2) is 89.7 Å². The molecule has 1 fully saturated rings. The summed E-state index contributed by atoms with van der Waals surface area (Å²) in [6.45, 7) is 2.72. The Morgan fingerprint density at radius 2 is 1.66 bits per heavy atom. The van der Waals surface area contributed by atoms with Crippen LogP contribution in [-0.2, 0) is 6.54 Å². The van der Waals surface area contributed by atoms with E-state index in [9.17, 15) is 10.1 Å². The molecule has 7 heteroatoms. The summed E-state index contributed by atoms with van der Waals surface area (Å²) in [6.07, 6.45) is 1.88. The van der Waals surface area contributed by atoms with E-state index in [4.69, 9.17) is 5.73 Å². The molecule has 5 aromatic rings. The lowest BCUT2D eigenvalue weighted by molar-refractivity contribution is 0.180. The monoisotopic (exact) mass is 500 g/mol. The van der Waals surface area contributed by atoms with Crippen LogP contribution in [0, 0.1) is 11.3 Å². The number of para-hydroxylation sites is 2. The summed E-state index contributed by atoms with van der Waals surface area (Å²) in [5, 5.41) is 9.48. The zero-order valence-electron chi connectivity index (χ0n) is 21.0. The number of fused-ring (bicyclic) bond motifs is 1. The minimum Gasteiger partial charge on any atom is -0.383 e. The lowest BCUT2D eigenvalue weighted by Crippen LogP contribution is -2.36. The molecule has 1 saturated heterocycles. The molecule has 0 atom stereocenters. The second-order valence-electron chi connectivity index (χ2n) is 9.82. The number of imidazole rings is 1. The third-order valence-corrected chi connectivity index (χ3v) is 7.44. The molecule has 1 aliphatic rings. The van der Waals surface area contributed by atoms with E-state index in [1.54, 1.807) is 0 Å². The molecule has 3 heterocycles. The van der Waals surface area contributed by atoms with Crippen molar-refractivity contribution in [2.75, 3.05) is 18.8 Å². The van der Waals surface area contributed by atoms with Gasteiger partial charge in [0.05, 0.1) is 22.3 Å². The molecule has 1 aliphatic heterocycles. The number of nitrogen functional groups attached to an aromatic ring is 1. The molecule has 2 aromatic heterocycles. The van der Waals surface area contributed by atoms with Crippen molar-refractivity contribution in [3.05, 3.63) is 107 Å². The molecule has 38 heavy (non-hydrogen) atoms. The summed E-state index contributed by atoms with van der Waals surface area (Å²) >= 11 is 0. The highest BCUT2D eigenvalue weighted by atomic mass is 16.1. The van der Waals surface area contributed by atoms with E-state index in [-0.39, 0.29) is 17.5 Å². The first-order valence-corrected chi connectivity index (χ1v) is 12.9. The number of anilines is 1. The molecule has 0 radical (unpaired) electrons. The molecular weight excluding hydrogens is 472 g/mol. The molecule has 188 valence electrons. The first-order chi connectivity index (χ1) is 18.6. The van der Waals surface area contributed by atoms with Crippen LogP contribution in [0.5, 0.6) is 0 Å². The molecule has 0 amide bonds. The van der Waals surface area contributed by atoms with E-state index in [0.29, 0.717) is 5.56 Å². The molecule has 3 N–H and O–H groups in total. The van der Waals surface area contributed by atoms with E-state index in [1.165, 1.54) is 5.56 Å². The average molecular weight is 501 g/mol. The molecule has 0 unspecified atom stereocenters.